The molecular weight excluding hydrogens is 360 g/mol. The summed E-state index contributed by atoms with van der Waals surface area (Å²) >= 11 is 0. The first-order valence-electron chi connectivity index (χ1n) is 9.02. The van der Waals surface area contributed by atoms with E-state index in [-0.39, 0.29) is 10.7 Å². The van der Waals surface area contributed by atoms with Crippen LogP contribution in [0.1, 0.15) is 48.4 Å². The molecule has 1 fully saturated rings. The maximum absolute atomic E-state index is 12.9. The molecule has 2 aromatic carbocycles. The molecule has 1 aliphatic carbocycles. The highest BCUT2D eigenvalue weighted by Gasteiger charge is 2.34. The average Bonchev–Trinajstić information content (AvgIpc) is 2.67. The van der Waals surface area contributed by atoms with Gasteiger partial charge in [0.05, 0.1) is 22.6 Å². The summed E-state index contributed by atoms with van der Waals surface area (Å²) in [5.74, 6) is -0.311. The average molecular weight is 382 g/mol. The molecule has 140 valence electrons. The zero-order valence-electron chi connectivity index (χ0n) is 15.2. The summed E-state index contributed by atoms with van der Waals surface area (Å²) in [5, 5.41) is 9.00. The lowest BCUT2D eigenvalue weighted by Gasteiger charge is -2.30. The highest BCUT2D eigenvalue weighted by molar-refractivity contribution is 7.89. The Bertz CT molecular complexity index is 958. The summed E-state index contributed by atoms with van der Waals surface area (Å²) < 4.78 is 28.6. The molecule has 2 aromatic rings. The summed E-state index contributed by atoms with van der Waals surface area (Å²) in [6.07, 6.45) is 2.87. The van der Waals surface area contributed by atoms with Gasteiger partial charge in [-0.25, -0.2) is 13.1 Å². The van der Waals surface area contributed by atoms with Gasteiger partial charge in [-0.05, 0) is 49.6 Å². The van der Waals surface area contributed by atoms with Crippen LogP contribution in [0, 0.1) is 24.2 Å². The fourth-order valence-corrected chi connectivity index (χ4v) is 4.73. The van der Waals surface area contributed by atoms with Crippen molar-refractivity contribution in [1.82, 2.24) is 4.72 Å². The van der Waals surface area contributed by atoms with Gasteiger partial charge in [0.15, 0.2) is 0 Å². The number of rotatable bonds is 5. The molecular formula is C21H22N2O3S. The number of hydrogen-bond donors (Lipinski definition) is 1. The van der Waals surface area contributed by atoms with Gasteiger partial charge in [0.1, 0.15) is 5.78 Å². The Hall–Kier alpha value is -2.49. The molecule has 0 radical (unpaired) electrons. The predicted octanol–water partition coefficient (Wildman–Crippen LogP) is 3.65. The molecule has 0 saturated heterocycles. The van der Waals surface area contributed by atoms with E-state index >= 15 is 0 Å². The minimum Gasteiger partial charge on any atom is -0.299 e. The smallest absolute Gasteiger partial charge is 0.241 e. The van der Waals surface area contributed by atoms with Crippen molar-refractivity contribution in [1.29, 1.82) is 5.26 Å². The van der Waals surface area contributed by atoms with Crippen molar-refractivity contribution in [2.24, 2.45) is 5.92 Å². The molecule has 27 heavy (non-hydrogen) atoms. The number of hydrogen-bond acceptors (Lipinski definition) is 4. The second-order valence-electron chi connectivity index (χ2n) is 6.96. The summed E-state index contributed by atoms with van der Waals surface area (Å²) in [7, 11) is -3.78. The largest absolute Gasteiger partial charge is 0.299 e. The first-order chi connectivity index (χ1) is 12.9. The lowest BCUT2D eigenvalue weighted by Crippen LogP contribution is -2.38. The number of nitrogens with zero attached hydrogens (tertiary/aromatic N) is 1. The fraction of sp³-hybridized carbons (Fsp3) is 0.333. The van der Waals surface area contributed by atoms with Crippen LogP contribution in [0.4, 0.5) is 0 Å². The molecule has 0 spiro atoms. The van der Waals surface area contributed by atoms with E-state index in [1.165, 1.54) is 0 Å². The predicted molar refractivity (Wildman–Crippen MR) is 102 cm³/mol. The fourth-order valence-electron chi connectivity index (χ4n) is 3.46. The third kappa shape index (κ3) is 4.44. The quantitative estimate of drug-likeness (QED) is 0.855. The molecule has 6 heteroatoms. The maximum Gasteiger partial charge on any atom is 0.241 e. The van der Waals surface area contributed by atoms with E-state index in [2.05, 4.69) is 10.8 Å². The van der Waals surface area contributed by atoms with E-state index in [1.807, 2.05) is 6.92 Å². The molecule has 0 heterocycles. The first kappa shape index (κ1) is 19.3. The van der Waals surface area contributed by atoms with Crippen molar-refractivity contribution < 1.29 is 13.2 Å². The monoisotopic (exact) mass is 382 g/mol. The van der Waals surface area contributed by atoms with Crippen LogP contribution >= 0.6 is 0 Å². The number of ketones is 1. The van der Waals surface area contributed by atoms with Gasteiger partial charge in [-0.15, -0.1) is 0 Å². The molecule has 2 unspecified atom stereocenters. The van der Waals surface area contributed by atoms with Gasteiger partial charge >= 0.3 is 0 Å². The molecule has 5 nitrogen and oxygen atoms in total. The van der Waals surface area contributed by atoms with Gasteiger partial charge in [-0.2, -0.15) is 5.26 Å². The molecule has 0 aromatic heterocycles. The van der Waals surface area contributed by atoms with Crippen molar-refractivity contribution in [2.45, 2.75) is 43.5 Å². The van der Waals surface area contributed by atoms with Crippen LogP contribution in [0.5, 0.6) is 0 Å². The minimum atomic E-state index is -3.78. The highest BCUT2D eigenvalue weighted by Crippen LogP contribution is 2.33. The van der Waals surface area contributed by atoms with E-state index in [4.69, 9.17) is 5.26 Å². The Labute approximate surface area is 160 Å². The van der Waals surface area contributed by atoms with Crippen molar-refractivity contribution in [3.63, 3.8) is 0 Å². The van der Waals surface area contributed by atoms with Crippen LogP contribution in [0.15, 0.2) is 53.4 Å². The second-order valence-corrected chi connectivity index (χ2v) is 8.68. The van der Waals surface area contributed by atoms with E-state index < -0.39 is 22.0 Å². The van der Waals surface area contributed by atoms with E-state index in [1.54, 1.807) is 48.5 Å². The SMILES string of the molecule is Cc1ccc(S(=O)(=O)NC(c2ccc(C#N)cc2)C2CCCCC2=O)cc1. The summed E-state index contributed by atoms with van der Waals surface area (Å²) in [5.41, 5.74) is 2.17. The number of nitrogens with one attached hydrogen (secondary N) is 1. The number of carbonyl (C=O) groups excluding carboxylic acids is 1. The van der Waals surface area contributed by atoms with Gasteiger partial charge < -0.3 is 0 Å². The van der Waals surface area contributed by atoms with Crippen LogP contribution in [-0.4, -0.2) is 14.2 Å². The second kappa shape index (κ2) is 8.03. The van der Waals surface area contributed by atoms with Crippen LogP contribution in [0.25, 0.3) is 0 Å². The minimum absolute atomic E-state index is 0.0854. The summed E-state index contributed by atoms with van der Waals surface area (Å²) in [4.78, 5) is 12.7. The van der Waals surface area contributed by atoms with Gasteiger partial charge in [0.2, 0.25) is 10.0 Å². The number of Topliss-reactive ketones (excluding diaryl/α,β-unsaturated/α-hetero) is 1. The Kier molecular flexibility index (Phi) is 5.73. The van der Waals surface area contributed by atoms with Crippen LogP contribution in [-0.2, 0) is 14.8 Å². The van der Waals surface area contributed by atoms with Crippen LogP contribution in [0.2, 0.25) is 0 Å². The van der Waals surface area contributed by atoms with E-state index in [9.17, 15) is 13.2 Å². The molecule has 0 aliphatic heterocycles. The van der Waals surface area contributed by atoms with Crippen molar-refractivity contribution in [2.75, 3.05) is 0 Å². The standard InChI is InChI=1S/C21H22N2O3S/c1-15-6-12-18(13-7-15)27(25,26)23-21(19-4-2-3-5-20(19)24)17-10-8-16(14-22)9-11-17/h6-13,19,21,23H,2-5H2,1H3. The van der Waals surface area contributed by atoms with E-state index in [0.29, 0.717) is 24.0 Å². The topological polar surface area (TPSA) is 87.0 Å². The highest BCUT2D eigenvalue weighted by atomic mass is 32.2. The van der Waals surface area contributed by atoms with Gasteiger partial charge in [-0.1, -0.05) is 36.2 Å². The van der Waals surface area contributed by atoms with Crippen LogP contribution < -0.4 is 4.72 Å². The summed E-state index contributed by atoms with van der Waals surface area (Å²) in [6, 6.07) is 14.8. The molecule has 3 rings (SSSR count). The normalized spacial score (nSPS) is 18.7. The van der Waals surface area contributed by atoms with Crippen molar-refractivity contribution >= 4 is 15.8 Å². The number of sulfonamides is 1. The van der Waals surface area contributed by atoms with Crippen molar-refractivity contribution in [3.05, 3.63) is 65.2 Å². The van der Waals surface area contributed by atoms with E-state index in [0.717, 1.165) is 18.4 Å². The maximum atomic E-state index is 12.9. The van der Waals surface area contributed by atoms with Gasteiger partial charge in [-0.3, -0.25) is 4.79 Å². The Morgan fingerprint density at radius 2 is 1.74 bits per heavy atom. The van der Waals surface area contributed by atoms with Gasteiger partial charge in [0, 0.05) is 12.3 Å². The molecule has 2 atom stereocenters. The number of carbonyl (C=O) groups is 1. The van der Waals surface area contributed by atoms with Gasteiger partial charge in [0.25, 0.3) is 0 Å². The molecule has 0 amide bonds. The lowest BCUT2D eigenvalue weighted by molar-refractivity contribution is -0.125. The summed E-state index contributed by atoms with van der Waals surface area (Å²) in [6.45, 7) is 1.89. The van der Waals surface area contributed by atoms with Crippen LogP contribution in [0.3, 0.4) is 0 Å². The molecule has 1 aliphatic rings. The third-order valence-electron chi connectivity index (χ3n) is 5.02. The number of aryl methyl sites for hydroxylation is 1. The number of nitriles is 1. The lowest BCUT2D eigenvalue weighted by atomic mass is 9.80. The number of benzene rings is 2. The first-order valence-corrected chi connectivity index (χ1v) is 10.5. The molecule has 0 bridgehead atoms. The zero-order valence-corrected chi connectivity index (χ0v) is 16.0. The Morgan fingerprint density at radius 1 is 1.07 bits per heavy atom. The van der Waals surface area contributed by atoms with Crippen molar-refractivity contribution in [3.8, 4) is 6.07 Å². The molecule has 1 saturated carbocycles. The Morgan fingerprint density at radius 3 is 2.33 bits per heavy atom. The Balaban J connectivity index is 1.97. The zero-order chi connectivity index (χ0) is 19.4. The molecule has 1 N–H and O–H groups in total. The third-order valence-corrected chi connectivity index (χ3v) is 6.47.